The molecule has 2 aromatic heterocycles. The summed E-state index contributed by atoms with van der Waals surface area (Å²) in [5.41, 5.74) is 1.52. The SMILES string of the molecule is N#CCCn1ncc2c(NC[C@H](O)c3ccccc3)ncnc21. The smallest absolute Gasteiger partial charge is 0.163 e. The van der Waals surface area contributed by atoms with Gasteiger partial charge in [-0.25, -0.2) is 14.6 Å². The predicted molar refractivity (Wildman–Crippen MR) is 85.4 cm³/mol. The summed E-state index contributed by atoms with van der Waals surface area (Å²) in [6.07, 6.45) is 2.86. The van der Waals surface area contributed by atoms with Crippen molar-refractivity contribution in [1.29, 1.82) is 5.26 Å². The molecule has 0 saturated heterocycles. The van der Waals surface area contributed by atoms with Crippen molar-refractivity contribution in [3.8, 4) is 6.07 Å². The van der Waals surface area contributed by atoms with Crippen LogP contribution in [0.25, 0.3) is 11.0 Å². The average molecular weight is 308 g/mol. The maximum Gasteiger partial charge on any atom is 0.163 e. The summed E-state index contributed by atoms with van der Waals surface area (Å²) in [5, 5.41) is 27.0. The first-order chi connectivity index (χ1) is 11.3. The second-order valence-electron chi connectivity index (χ2n) is 5.04. The van der Waals surface area contributed by atoms with E-state index in [2.05, 4.69) is 26.5 Å². The number of nitrogens with zero attached hydrogens (tertiary/aromatic N) is 5. The van der Waals surface area contributed by atoms with Gasteiger partial charge in [0.1, 0.15) is 12.1 Å². The van der Waals surface area contributed by atoms with E-state index in [9.17, 15) is 5.11 Å². The first-order valence-electron chi connectivity index (χ1n) is 7.30. The number of hydrogen-bond donors (Lipinski definition) is 2. The van der Waals surface area contributed by atoms with Crippen LogP contribution in [0.3, 0.4) is 0 Å². The van der Waals surface area contributed by atoms with Gasteiger partial charge >= 0.3 is 0 Å². The van der Waals surface area contributed by atoms with Crippen molar-refractivity contribution in [1.82, 2.24) is 19.7 Å². The summed E-state index contributed by atoms with van der Waals surface area (Å²) in [6, 6.07) is 11.5. The summed E-state index contributed by atoms with van der Waals surface area (Å²) in [6.45, 7) is 0.822. The Morgan fingerprint density at radius 3 is 2.87 bits per heavy atom. The minimum Gasteiger partial charge on any atom is -0.387 e. The van der Waals surface area contributed by atoms with E-state index < -0.39 is 6.10 Å². The van der Waals surface area contributed by atoms with Gasteiger partial charge in [-0.2, -0.15) is 10.4 Å². The van der Waals surface area contributed by atoms with Gasteiger partial charge in [-0.15, -0.1) is 0 Å². The molecule has 3 aromatic rings. The number of aliphatic hydroxyl groups excluding tert-OH is 1. The Bertz CT molecular complexity index is 823. The molecule has 0 saturated carbocycles. The Hall–Kier alpha value is -2.98. The van der Waals surface area contributed by atoms with E-state index in [0.717, 1.165) is 10.9 Å². The summed E-state index contributed by atoms with van der Waals surface area (Å²) >= 11 is 0. The van der Waals surface area contributed by atoms with Crippen molar-refractivity contribution in [3.63, 3.8) is 0 Å². The second kappa shape index (κ2) is 6.85. The molecule has 2 heterocycles. The quantitative estimate of drug-likeness (QED) is 0.721. The van der Waals surface area contributed by atoms with E-state index in [4.69, 9.17) is 5.26 Å². The summed E-state index contributed by atoms with van der Waals surface area (Å²) in [4.78, 5) is 8.43. The van der Waals surface area contributed by atoms with Gasteiger partial charge in [-0.1, -0.05) is 30.3 Å². The fourth-order valence-electron chi connectivity index (χ4n) is 2.34. The fraction of sp³-hybridized carbons (Fsp3) is 0.250. The van der Waals surface area contributed by atoms with Crippen molar-refractivity contribution < 1.29 is 5.11 Å². The zero-order valence-corrected chi connectivity index (χ0v) is 12.4. The van der Waals surface area contributed by atoms with Crippen molar-refractivity contribution in [3.05, 3.63) is 48.4 Å². The largest absolute Gasteiger partial charge is 0.387 e. The molecule has 2 N–H and O–H groups in total. The van der Waals surface area contributed by atoms with Crippen LogP contribution in [0.4, 0.5) is 5.82 Å². The van der Waals surface area contributed by atoms with Crippen molar-refractivity contribution in [2.75, 3.05) is 11.9 Å². The monoisotopic (exact) mass is 308 g/mol. The van der Waals surface area contributed by atoms with Crippen LogP contribution in [0, 0.1) is 11.3 Å². The lowest BCUT2D eigenvalue weighted by atomic mass is 10.1. The maximum atomic E-state index is 10.2. The van der Waals surface area contributed by atoms with E-state index >= 15 is 0 Å². The normalized spacial score (nSPS) is 12.0. The number of rotatable bonds is 6. The van der Waals surface area contributed by atoms with E-state index in [1.165, 1.54) is 6.33 Å². The van der Waals surface area contributed by atoms with Crippen molar-refractivity contribution in [2.45, 2.75) is 19.1 Å². The highest BCUT2D eigenvalue weighted by Gasteiger charge is 2.12. The molecule has 116 valence electrons. The van der Waals surface area contributed by atoms with Crippen LogP contribution in [-0.2, 0) is 6.54 Å². The predicted octanol–water partition coefficient (Wildman–Crippen LogP) is 1.89. The molecule has 1 atom stereocenters. The number of aryl methyl sites for hydroxylation is 1. The molecule has 0 aliphatic carbocycles. The van der Waals surface area contributed by atoms with Crippen LogP contribution in [-0.4, -0.2) is 31.4 Å². The second-order valence-corrected chi connectivity index (χ2v) is 5.04. The lowest BCUT2D eigenvalue weighted by Crippen LogP contribution is -2.13. The van der Waals surface area contributed by atoms with E-state index in [1.807, 2.05) is 30.3 Å². The molecule has 0 aliphatic heterocycles. The topological polar surface area (TPSA) is 99.7 Å². The van der Waals surface area contributed by atoms with E-state index in [-0.39, 0.29) is 0 Å². The van der Waals surface area contributed by atoms with Gasteiger partial charge in [-0.05, 0) is 5.56 Å². The van der Waals surface area contributed by atoms with Gasteiger partial charge in [-0.3, -0.25) is 0 Å². The highest BCUT2D eigenvalue weighted by atomic mass is 16.3. The number of aliphatic hydroxyl groups is 1. The number of benzene rings is 1. The zero-order valence-electron chi connectivity index (χ0n) is 12.4. The van der Waals surface area contributed by atoms with Crippen LogP contribution >= 0.6 is 0 Å². The molecule has 0 unspecified atom stereocenters. The lowest BCUT2D eigenvalue weighted by molar-refractivity contribution is 0.191. The number of hydrogen-bond acceptors (Lipinski definition) is 6. The van der Waals surface area contributed by atoms with Crippen molar-refractivity contribution in [2.24, 2.45) is 0 Å². The first kappa shape index (κ1) is 14.9. The molecule has 0 radical (unpaired) electrons. The Morgan fingerprint density at radius 1 is 1.26 bits per heavy atom. The Labute approximate surface area is 133 Å². The van der Waals surface area contributed by atoms with Crippen LogP contribution in [0.5, 0.6) is 0 Å². The minimum atomic E-state index is -0.630. The highest BCUT2D eigenvalue weighted by molar-refractivity contribution is 5.86. The average Bonchev–Trinajstić information content (AvgIpc) is 3.02. The molecular weight excluding hydrogens is 292 g/mol. The third-order valence-electron chi connectivity index (χ3n) is 3.52. The summed E-state index contributed by atoms with van der Waals surface area (Å²) < 4.78 is 1.68. The minimum absolute atomic E-state index is 0.333. The number of aromatic nitrogens is 4. The van der Waals surface area contributed by atoms with Crippen molar-refractivity contribution >= 4 is 16.9 Å². The molecule has 7 heteroatoms. The summed E-state index contributed by atoms with van der Waals surface area (Å²) in [7, 11) is 0. The Morgan fingerprint density at radius 2 is 2.09 bits per heavy atom. The van der Waals surface area contributed by atoms with Crippen LogP contribution < -0.4 is 5.32 Å². The maximum absolute atomic E-state index is 10.2. The van der Waals surface area contributed by atoms with Crippen LogP contribution in [0.15, 0.2) is 42.9 Å². The molecule has 3 rings (SSSR count). The molecule has 7 nitrogen and oxygen atoms in total. The molecule has 1 aromatic carbocycles. The Balaban J connectivity index is 1.76. The molecule has 23 heavy (non-hydrogen) atoms. The zero-order chi connectivity index (χ0) is 16.1. The standard InChI is InChI=1S/C16H16N6O/c17-7-4-8-22-16-13(9-21-22)15(19-11-20-16)18-10-14(23)12-5-2-1-3-6-12/h1-3,5-6,9,11,14,23H,4,8,10H2,(H,18,19,20)/t14-/m0/s1. The van der Waals surface area contributed by atoms with Gasteiger partial charge in [0, 0.05) is 6.54 Å². The number of fused-ring (bicyclic) bond motifs is 1. The van der Waals surface area contributed by atoms with Gasteiger partial charge in [0.05, 0.1) is 36.7 Å². The Kier molecular flexibility index (Phi) is 4.45. The van der Waals surface area contributed by atoms with Gasteiger partial charge in [0.25, 0.3) is 0 Å². The van der Waals surface area contributed by atoms with Gasteiger partial charge in [0.2, 0.25) is 0 Å². The summed E-state index contributed by atoms with van der Waals surface area (Å²) in [5.74, 6) is 0.619. The number of nitriles is 1. The third-order valence-corrected chi connectivity index (χ3v) is 3.52. The molecular formula is C16H16N6O. The molecule has 0 aliphatic rings. The van der Waals surface area contributed by atoms with E-state index in [0.29, 0.717) is 31.0 Å². The number of anilines is 1. The highest BCUT2D eigenvalue weighted by Crippen LogP contribution is 2.20. The lowest BCUT2D eigenvalue weighted by Gasteiger charge is -2.12. The molecule has 0 spiro atoms. The van der Waals surface area contributed by atoms with Crippen LogP contribution in [0.1, 0.15) is 18.1 Å². The van der Waals surface area contributed by atoms with Gasteiger partial charge < -0.3 is 10.4 Å². The molecule has 0 bridgehead atoms. The van der Waals surface area contributed by atoms with Gasteiger partial charge in [0.15, 0.2) is 5.65 Å². The first-order valence-corrected chi connectivity index (χ1v) is 7.30. The third kappa shape index (κ3) is 3.27. The fourth-order valence-corrected chi connectivity index (χ4v) is 2.34. The van der Waals surface area contributed by atoms with Crippen LogP contribution in [0.2, 0.25) is 0 Å². The van der Waals surface area contributed by atoms with E-state index in [1.54, 1.807) is 10.9 Å². The molecule has 0 amide bonds. The molecule has 0 fully saturated rings. The number of nitrogens with one attached hydrogen (secondary N) is 1.